The molecule has 0 radical (unpaired) electrons. The largest absolute Gasteiger partial charge is 0.347 e. The average molecular weight is 318 g/mol. The van der Waals surface area contributed by atoms with Gasteiger partial charge >= 0.3 is 0 Å². The minimum atomic E-state index is -0.0335. The summed E-state index contributed by atoms with van der Waals surface area (Å²) in [6.45, 7) is 1.82. The molecule has 1 amide bonds. The fourth-order valence-electron chi connectivity index (χ4n) is 2.10. The molecule has 1 fully saturated rings. The van der Waals surface area contributed by atoms with Gasteiger partial charge in [-0.1, -0.05) is 39.7 Å². The van der Waals surface area contributed by atoms with Crippen LogP contribution in [0.25, 0.3) is 0 Å². The average Bonchev–Trinajstić information content (AvgIpc) is 2.63. The standard InChI is InChI=1S/C11H16BrN3OS/c1-7-10(17-15-14-7)11(16)13-9-6-4-2-3-5-8(9)12/h8-9H,2-6H2,1H3,(H,13,16). The van der Waals surface area contributed by atoms with Crippen molar-refractivity contribution >= 4 is 33.4 Å². The molecule has 6 heteroatoms. The van der Waals surface area contributed by atoms with Crippen LogP contribution in [0.15, 0.2) is 0 Å². The highest BCUT2D eigenvalue weighted by molar-refractivity contribution is 9.09. The molecule has 0 aromatic carbocycles. The van der Waals surface area contributed by atoms with Crippen molar-refractivity contribution in [2.75, 3.05) is 0 Å². The molecule has 4 nitrogen and oxygen atoms in total. The molecule has 1 saturated carbocycles. The van der Waals surface area contributed by atoms with E-state index in [4.69, 9.17) is 0 Å². The Bertz CT molecular complexity index is 396. The van der Waals surface area contributed by atoms with Crippen LogP contribution in [0, 0.1) is 6.92 Å². The van der Waals surface area contributed by atoms with E-state index in [0.717, 1.165) is 24.4 Å². The summed E-state index contributed by atoms with van der Waals surface area (Å²) in [5.41, 5.74) is 0.715. The Morgan fingerprint density at radius 1 is 1.41 bits per heavy atom. The number of carbonyl (C=O) groups is 1. The summed E-state index contributed by atoms with van der Waals surface area (Å²) in [7, 11) is 0. The Kier molecular flexibility index (Phi) is 4.50. The first-order chi connectivity index (χ1) is 8.18. The van der Waals surface area contributed by atoms with E-state index in [0.29, 0.717) is 15.4 Å². The van der Waals surface area contributed by atoms with Crippen LogP contribution in [0.5, 0.6) is 0 Å². The number of halogens is 1. The van der Waals surface area contributed by atoms with Gasteiger partial charge in [0.05, 0.1) is 5.69 Å². The van der Waals surface area contributed by atoms with E-state index in [-0.39, 0.29) is 11.9 Å². The molecule has 2 unspecified atom stereocenters. The second kappa shape index (κ2) is 5.91. The Morgan fingerprint density at radius 2 is 2.18 bits per heavy atom. The van der Waals surface area contributed by atoms with Crippen LogP contribution in [0.4, 0.5) is 0 Å². The molecule has 1 aliphatic rings. The molecule has 0 saturated heterocycles. The summed E-state index contributed by atoms with van der Waals surface area (Å²) in [5, 5.41) is 6.96. The fraction of sp³-hybridized carbons (Fsp3) is 0.727. The molecule has 1 aliphatic carbocycles. The number of aryl methyl sites for hydroxylation is 1. The van der Waals surface area contributed by atoms with Gasteiger partial charge in [0.15, 0.2) is 0 Å². The maximum absolute atomic E-state index is 12.1. The topological polar surface area (TPSA) is 54.9 Å². The van der Waals surface area contributed by atoms with E-state index in [2.05, 4.69) is 30.8 Å². The number of aromatic nitrogens is 2. The SMILES string of the molecule is Cc1nnsc1C(=O)NC1CCCCCC1Br. The molecule has 17 heavy (non-hydrogen) atoms. The van der Waals surface area contributed by atoms with Gasteiger partial charge in [0.1, 0.15) is 4.88 Å². The van der Waals surface area contributed by atoms with Gasteiger partial charge in [0.25, 0.3) is 5.91 Å². The molecule has 1 aromatic heterocycles. The molecule has 0 spiro atoms. The molecular weight excluding hydrogens is 302 g/mol. The number of carbonyl (C=O) groups excluding carboxylic acids is 1. The van der Waals surface area contributed by atoms with Gasteiger partial charge in [-0.3, -0.25) is 4.79 Å². The van der Waals surface area contributed by atoms with Crippen molar-refractivity contribution in [3.63, 3.8) is 0 Å². The molecule has 1 N–H and O–H groups in total. The Balaban J connectivity index is 2.00. The third-order valence-corrected chi connectivity index (χ3v) is 5.03. The monoisotopic (exact) mass is 317 g/mol. The highest BCUT2D eigenvalue weighted by Gasteiger charge is 2.24. The van der Waals surface area contributed by atoms with Crippen molar-refractivity contribution in [1.82, 2.24) is 14.9 Å². The van der Waals surface area contributed by atoms with E-state index in [1.165, 1.54) is 19.3 Å². The Morgan fingerprint density at radius 3 is 2.88 bits per heavy atom. The summed E-state index contributed by atoms with van der Waals surface area (Å²) in [6, 6.07) is 0.228. The number of amides is 1. The van der Waals surface area contributed by atoms with Crippen molar-refractivity contribution in [1.29, 1.82) is 0 Å². The third-order valence-electron chi connectivity index (χ3n) is 3.11. The van der Waals surface area contributed by atoms with Crippen molar-refractivity contribution in [3.05, 3.63) is 10.6 Å². The zero-order chi connectivity index (χ0) is 12.3. The number of nitrogens with one attached hydrogen (secondary N) is 1. The molecular formula is C11H16BrN3OS. The number of rotatable bonds is 2. The van der Waals surface area contributed by atoms with E-state index < -0.39 is 0 Å². The van der Waals surface area contributed by atoms with Gasteiger partial charge in [-0.25, -0.2) is 0 Å². The Hall–Kier alpha value is -0.490. The molecule has 0 aliphatic heterocycles. The molecule has 2 rings (SSSR count). The number of hydrogen-bond donors (Lipinski definition) is 1. The quantitative estimate of drug-likeness (QED) is 0.674. The van der Waals surface area contributed by atoms with Crippen molar-refractivity contribution in [2.45, 2.75) is 49.9 Å². The lowest BCUT2D eigenvalue weighted by molar-refractivity contribution is 0.0938. The summed E-state index contributed by atoms with van der Waals surface area (Å²) < 4.78 is 3.79. The molecule has 94 valence electrons. The maximum Gasteiger partial charge on any atom is 0.265 e. The van der Waals surface area contributed by atoms with Crippen molar-refractivity contribution in [2.24, 2.45) is 0 Å². The highest BCUT2D eigenvalue weighted by atomic mass is 79.9. The third kappa shape index (κ3) is 3.25. The zero-order valence-electron chi connectivity index (χ0n) is 9.78. The van der Waals surface area contributed by atoms with Crippen LogP contribution in [0.3, 0.4) is 0 Å². The second-order valence-electron chi connectivity index (χ2n) is 4.42. The van der Waals surface area contributed by atoms with Crippen LogP contribution in [-0.2, 0) is 0 Å². The lowest BCUT2D eigenvalue weighted by Crippen LogP contribution is -2.40. The highest BCUT2D eigenvalue weighted by Crippen LogP contribution is 2.24. The lowest BCUT2D eigenvalue weighted by Gasteiger charge is -2.20. The number of hydrogen-bond acceptors (Lipinski definition) is 4. The maximum atomic E-state index is 12.1. The summed E-state index contributed by atoms with van der Waals surface area (Å²) in [5.74, 6) is -0.0335. The van der Waals surface area contributed by atoms with Gasteiger partial charge in [0, 0.05) is 10.9 Å². The van der Waals surface area contributed by atoms with Gasteiger partial charge in [-0.2, -0.15) is 0 Å². The molecule has 2 atom stereocenters. The van der Waals surface area contributed by atoms with Gasteiger partial charge in [0.2, 0.25) is 0 Å². The van der Waals surface area contributed by atoms with E-state index >= 15 is 0 Å². The van der Waals surface area contributed by atoms with Crippen LogP contribution >= 0.6 is 27.5 Å². The van der Waals surface area contributed by atoms with Crippen LogP contribution in [0.1, 0.15) is 47.5 Å². The number of alkyl halides is 1. The molecule has 1 heterocycles. The fourth-order valence-corrected chi connectivity index (χ4v) is 3.38. The first-order valence-corrected chi connectivity index (χ1v) is 7.61. The smallest absolute Gasteiger partial charge is 0.265 e. The van der Waals surface area contributed by atoms with Gasteiger partial charge in [-0.15, -0.1) is 5.10 Å². The van der Waals surface area contributed by atoms with E-state index in [9.17, 15) is 4.79 Å². The summed E-state index contributed by atoms with van der Waals surface area (Å²) >= 11 is 4.84. The first-order valence-electron chi connectivity index (χ1n) is 5.92. The van der Waals surface area contributed by atoms with Crippen molar-refractivity contribution < 1.29 is 4.79 Å². The van der Waals surface area contributed by atoms with Crippen molar-refractivity contribution in [3.8, 4) is 0 Å². The lowest BCUT2D eigenvalue weighted by atomic mass is 10.1. The minimum Gasteiger partial charge on any atom is -0.347 e. The Labute approximate surface area is 113 Å². The molecule has 0 bridgehead atoms. The zero-order valence-corrected chi connectivity index (χ0v) is 12.2. The summed E-state index contributed by atoms with van der Waals surface area (Å²) in [6.07, 6.45) is 5.86. The molecule has 1 aromatic rings. The first kappa shape index (κ1) is 13.0. The second-order valence-corrected chi connectivity index (χ2v) is 6.35. The predicted octanol–water partition coefficient (Wildman–Crippen LogP) is 2.67. The van der Waals surface area contributed by atoms with Gasteiger partial charge < -0.3 is 5.32 Å². The van der Waals surface area contributed by atoms with Crippen LogP contribution in [-0.4, -0.2) is 26.4 Å². The number of nitrogens with zero attached hydrogens (tertiary/aromatic N) is 2. The van der Waals surface area contributed by atoms with Crippen LogP contribution < -0.4 is 5.32 Å². The minimum absolute atomic E-state index is 0.0335. The predicted molar refractivity (Wildman–Crippen MR) is 71.7 cm³/mol. The summed E-state index contributed by atoms with van der Waals surface area (Å²) in [4.78, 5) is 13.1. The van der Waals surface area contributed by atoms with Gasteiger partial charge in [-0.05, 0) is 31.3 Å². The van der Waals surface area contributed by atoms with Crippen LogP contribution in [0.2, 0.25) is 0 Å². The van der Waals surface area contributed by atoms with E-state index in [1.807, 2.05) is 6.92 Å². The normalized spacial score (nSPS) is 25.3. The van der Waals surface area contributed by atoms with E-state index in [1.54, 1.807) is 0 Å².